The van der Waals surface area contributed by atoms with Crippen molar-refractivity contribution in [2.75, 3.05) is 18.7 Å². The Morgan fingerprint density at radius 3 is 2.36 bits per heavy atom. The van der Waals surface area contributed by atoms with Crippen molar-refractivity contribution in [1.29, 1.82) is 0 Å². The number of carbonyl (C=O) groups is 2. The number of rotatable bonds is 4. The van der Waals surface area contributed by atoms with Crippen LogP contribution in [0.3, 0.4) is 0 Å². The molecule has 2 aromatic carbocycles. The predicted octanol–water partition coefficient (Wildman–Crippen LogP) is 3.76. The van der Waals surface area contributed by atoms with Crippen LogP contribution in [-0.2, 0) is 4.74 Å². The lowest BCUT2D eigenvalue weighted by atomic mass is 10.1. The van der Waals surface area contributed by atoms with E-state index in [4.69, 9.17) is 4.74 Å². The molecular formula is C17H17NO3S. The fourth-order valence-corrected chi connectivity index (χ4v) is 2.39. The zero-order chi connectivity index (χ0) is 16.1. The van der Waals surface area contributed by atoms with Gasteiger partial charge in [0.1, 0.15) is 0 Å². The minimum atomic E-state index is -0.475. The Balaban J connectivity index is 2.25. The number of benzene rings is 2. The minimum absolute atomic E-state index is 0.262. The van der Waals surface area contributed by atoms with E-state index in [0.717, 1.165) is 10.5 Å². The maximum absolute atomic E-state index is 12.3. The lowest BCUT2D eigenvalue weighted by Crippen LogP contribution is -2.15. The Morgan fingerprint density at radius 2 is 1.77 bits per heavy atom. The van der Waals surface area contributed by atoms with Crippen molar-refractivity contribution in [3.8, 4) is 0 Å². The second-order valence-corrected chi connectivity index (χ2v) is 5.60. The number of carbonyl (C=O) groups excluding carboxylic acids is 2. The lowest BCUT2D eigenvalue weighted by molar-refractivity contribution is 0.0602. The van der Waals surface area contributed by atoms with Crippen LogP contribution in [0.2, 0.25) is 0 Å². The van der Waals surface area contributed by atoms with Crippen molar-refractivity contribution in [3.63, 3.8) is 0 Å². The van der Waals surface area contributed by atoms with E-state index in [1.807, 2.05) is 31.4 Å². The lowest BCUT2D eigenvalue weighted by Gasteiger charge is -2.11. The molecule has 22 heavy (non-hydrogen) atoms. The van der Waals surface area contributed by atoms with Crippen LogP contribution in [0, 0.1) is 6.92 Å². The predicted molar refractivity (Wildman–Crippen MR) is 88.7 cm³/mol. The third-order valence-electron chi connectivity index (χ3n) is 3.18. The van der Waals surface area contributed by atoms with Crippen molar-refractivity contribution in [3.05, 3.63) is 59.2 Å². The van der Waals surface area contributed by atoms with Gasteiger partial charge in [0.15, 0.2) is 0 Å². The van der Waals surface area contributed by atoms with Crippen molar-refractivity contribution in [2.45, 2.75) is 11.8 Å². The zero-order valence-corrected chi connectivity index (χ0v) is 13.5. The zero-order valence-electron chi connectivity index (χ0n) is 12.7. The summed E-state index contributed by atoms with van der Waals surface area (Å²) in [5, 5.41) is 2.76. The molecular weight excluding hydrogens is 298 g/mol. The van der Waals surface area contributed by atoms with Gasteiger partial charge >= 0.3 is 5.97 Å². The first kappa shape index (κ1) is 16.1. The minimum Gasteiger partial charge on any atom is -0.465 e. The summed E-state index contributed by atoms with van der Waals surface area (Å²) < 4.78 is 4.76. The van der Waals surface area contributed by atoms with Crippen LogP contribution in [-0.4, -0.2) is 25.2 Å². The van der Waals surface area contributed by atoms with Crippen molar-refractivity contribution in [1.82, 2.24) is 0 Å². The fourth-order valence-electron chi connectivity index (χ4n) is 1.98. The Hall–Kier alpha value is -2.27. The number of aryl methyl sites for hydroxylation is 1. The number of thioether (sulfide) groups is 1. The molecule has 0 heterocycles. The fraction of sp³-hybridized carbons (Fsp3) is 0.176. The molecule has 0 spiro atoms. The molecule has 0 bridgehead atoms. The second-order valence-electron chi connectivity index (χ2n) is 4.72. The smallest absolute Gasteiger partial charge is 0.339 e. The maximum atomic E-state index is 12.3. The number of amides is 1. The molecule has 0 saturated heterocycles. The largest absolute Gasteiger partial charge is 0.465 e. The van der Waals surface area contributed by atoms with E-state index < -0.39 is 5.97 Å². The van der Waals surface area contributed by atoms with Gasteiger partial charge < -0.3 is 10.1 Å². The van der Waals surface area contributed by atoms with Gasteiger partial charge in [0, 0.05) is 10.5 Å². The average molecular weight is 315 g/mol. The Morgan fingerprint density at radius 1 is 1.09 bits per heavy atom. The van der Waals surface area contributed by atoms with Gasteiger partial charge in [-0.05, 0) is 49.6 Å². The van der Waals surface area contributed by atoms with Gasteiger partial charge in [-0.1, -0.05) is 11.6 Å². The number of methoxy groups -OCH3 is 1. The summed E-state index contributed by atoms with van der Waals surface area (Å²) in [5.74, 6) is -0.738. The van der Waals surface area contributed by atoms with Crippen molar-refractivity contribution >= 4 is 29.3 Å². The van der Waals surface area contributed by atoms with Crippen LogP contribution in [0.1, 0.15) is 26.3 Å². The number of anilines is 1. The number of hydrogen-bond donors (Lipinski definition) is 1. The van der Waals surface area contributed by atoms with E-state index in [0.29, 0.717) is 16.8 Å². The van der Waals surface area contributed by atoms with E-state index in [2.05, 4.69) is 5.32 Å². The van der Waals surface area contributed by atoms with Crippen molar-refractivity contribution < 1.29 is 14.3 Å². The number of hydrogen-bond acceptors (Lipinski definition) is 4. The highest BCUT2D eigenvalue weighted by Crippen LogP contribution is 2.20. The molecule has 0 radical (unpaired) electrons. The number of nitrogens with one attached hydrogen (secondary N) is 1. The van der Waals surface area contributed by atoms with Crippen LogP contribution >= 0.6 is 11.8 Å². The molecule has 0 atom stereocenters. The van der Waals surface area contributed by atoms with Gasteiger partial charge in [-0.25, -0.2) is 4.79 Å². The van der Waals surface area contributed by atoms with Gasteiger partial charge in [0.05, 0.1) is 18.4 Å². The second kappa shape index (κ2) is 7.13. The first-order chi connectivity index (χ1) is 10.5. The van der Waals surface area contributed by atoms with E-state index in [9.17, 15) is 9.59 Å². The topological polar surface area (TPSA) is 55.4 Å². The van der Waals surface area contributed by atoms with Gasteiger partial charge in [0.25, 0.3) is 5.91 Å². The summed E-state index contributed by atoms with van der Waals surface area (Å²) in [4.78, 5) is 25.2. The van der Waals surface area contributed by atoms with Gasteiger partial charge in [-0.3, -0.25) is 4.79 Å². The van der Waals surface area contributed by atoms with Crippen LogP contribution in [0.5, 0.6) is 0 Å². The monoisotopic (exact) mass is 315 g/mol. The molecule has 0 saturated carbocycles. The first-order valence-electron chi connectivity index (χ1n) is 6.69. The molecule has 2 aromatic rings. The summed E-state index contributed by atoms with van der Waals surface area (Å²) in [7, 11) is 1.32. The molecule has 5 heteroatoms. The molecule has 2 rings (SSSR count). The highest BCUT2D eigenvalue weighted by Gasteiger charge is 2.15. The summed E-state index contributed by atoms with van der Waals surface area (Å²) >= 11 is 1.61. The third kappa shape index (κ3) is 3.68. The van der Waals surface area contributed by atoms with E-state index in [1.54, 1.807) is 36.0 Å². The van der Waals surface area contributed by atoms with E-state index in [-0.39, 0.29) is 5.91 Å². The maximum Gasteiger partial charge on any atom is 0.339 e. The quantitative estimate of drug-likeness (QED) is 0.689. The van der Waals surface area contributed by atoms with E-state index >= 15 is 0 Å². The molecule has 0 aliphatic heterocycles. The van der Waals surface area contributed by atoms with Crippen LogP contribution in [0.15, 0.2) is 47.4 Å². The SMILES string of the molecule is COC(=O)c1cc(C)ccc1NC(=O)c1ccc(SC)cc1. The Kier molecular flexibility index (Phi) is 5.22. The molecule has 0 fully saturated rings. The van der Waals surface area contributed by atoms with Gasteiger partial charge in [-0.2, -0.15) is 0 Å². The van der Waals surface area contributed by atoms with Crippen LogP contribution < -0.4 is 5.32 Å². The summed E-state index contributed by atoms with van der Waals surface area (Å²) in [6.07, 6.45) is 1.98. The molecule has 1 N–H and O–H groups in total. The molecule has 114 valence electrons. The summed E-state index contributed by atoms with van der Waals surface area (Å²) in [5.41, 5.74) is 2.24. The standard InChI is InChI=1S/C17H17NO3S/c1-11-4-9-15(14(10-11)17(20)21-2)18-16(19)12-5-7-13(22-3)8-6-12/h4-10H,1-3H3,(H,18,19). The molecule has 0 aliphatic rings. The van der Waals surface area contributed by atoms with Crippen LogP contribution in [0.25, 0.3) is 0 Å². The molecule has 0 aromatic heterocycles. The third-order valence-corrected chi connectivity index (χ3v) is 3.92. The highest BCUT2D eigenvalue weighted by molar-refractivity contribution is 7.98. The highest BCUT2D eigenvalue weighted by atomic mass is 32.2. The number of esters is 1. The molecule has 0 unspecified atom stereocenters. The Bertz CT molecular complexity index is 696. The van der Waals surface area contributed by atoms with Crippen LogP contribution in [0.4, 0.5) is 5.69 Å². The molecule has 1 amide bonds. The average Bonchev–Trinajstić information content (AvgIpc) is 2.55. The normalized spacial score (nSPS) is 10.1. The number of ether oxygens (including phenoxy) is 1. The molecule has 0 aliphatic carbocycles. The summed E-state index contributed by atoms with van der Waals surface area (Å²) in [6, 6.07) is 12.5. The van der Waals surface area contributed by atoms with Crippen molar-refractivity contribution in [2.24, 2.45) is 0 Å². The Labute approximate surface area is 133 Å². The first-order valence-corrected chi connectivity index (χ1v) is 7.92. The molecule has 4 nitrogen and oxygen atoms in total. The van der Waals surface area contributed by atoms with Gasteiger partial charge in [0.2, 0.25) is 0 Å². The summed E-state index contributed by atoms with van der Waals surface area (Å²) in [6.45, 7) is 1.87. The van der Waals surface area contributed by atoms with Gasteiger partial charge in [-0.15, -0.1) is 11.8 Å². The van der Waals surface area contributed by atoms with E-state index in [1.165, 1.54) is 7.11 Å².